The van der Waals surface area contributed by atoms with E-state index in [9.17, 15) is 9.59 Å². The minimum Gasteiger partial charge on any atom is -0.468 e. The fourth-order valence-electron chi connectivity index (χ4n) is 4.67. The Balaban J connectivity index is 1.57. The molecule has 1 unspecified atom stereocenters. The largest absolute Gasteiger partial charge is 0.468 e. The first kappa shape index (κ1) is 15.7. The third kappa shape index (κ3) is 2.30. The Labute approximate surface area is 152 Å². The number of fused-ring (bicyclic) bond motifs is 4. The number of amides is 1. The molecule has 5 rings (SSSR count). The van der Waals surface area contributed by atoms with Crippen LogP contribution in [0.5, 0.6) is 0 Å². The van der Waals surface area contributed by atoms with Crippen LogP contribution in [0.1, 0.15) is 58.6 Å². The fraction of sp³-hybridized carbons (Fsp3) is 0.429. The summed E-state index contributed by atoms with van der Waals surface area (Å²) in [5, 5.41) is 0. The lowest BCUT2D eigenvalue weighted by molar-refractivity contribution is 0.0943. The van der Waals surface area contributed by atoms with Gasteiger partial charge < -0.3 is 14.2 Å². The van der Waals surface area contributed by atoms with Crippen molar-refractivity contribution >= 4 is 23.1 Å². The Bertz CT molecular complexity index is 885. The highest BCUT2D eigenvalue weighted by atomic mass is 16.3. The number of hydrogen-bond donors (Lipinski definition) is 0. The predicted octanol–water partition coefficient (Wildman–Crippen LogP) is 3.82. The number of furan rings is 1. The van der Waals surface area contributed by atoms with Crippen molar-refractivity contribution in [2.75, 3.05) is 22.9 Å². The van der Waals surface area contributed by atoms with Gasteiger partial charge >= 0.3 is 0 Å². The monoisotopic (exact) mass is 350 g/mol. The summed E-state index contributed by atoms with van der Waals surface area (Å²) in [6.07, 6.45) is 7.03. The lowest BCUT2D eigenvalue weighted by atomic mass is 9.92. The fourth-order valence-corrected chi connectivity index (χ4v) is 4.67. The summed E-state index contributed by atoms with van der Waals surface area (Å²) in [6.45, 7) is 1.72. The van der Waals surface area contributed by atoms with Crippen LogP contribution in [-0.2, 0) is 6.42 Å². The van der Waals surface area contributed by atoms with Crippen molar-refractivity contribution in [2.24, 2.45) is 0 Å². The van der Waals surface area contributed by atoms with Gasteiger partial charge in [-0.2, -0.15) is 0 Å². The molecule has 0 spiro atoms. The van der Waals surface area contributed by atoms with Gasteiger partial charge in [-0.05, 0) is 37.8 Å². The van der Waals surface area contributed by atoms with Crippen molar-refractivity contribution in [2.45, 2.75) is 44.6 Å². The van der Waals surface area contributed by atoms with Gasteiger partial charge in [-0.25, -0.2) is 0 Å². The van der Waals surface area contributed by atoms with Crippen LogP contribution in [0, 0.1) is 0 Å². The number of para-hydroxylation sites is 2. The molecule has 26 heavy (non-hydrogen) atoms. The van der Waals surface area contributed by atoms with E-state index >= 15 is 0 Å². The second kappa shape index (κ2) is 6.01. The molecule has 1 aliphatic carbocycles. The second-order valence-corrected chi connectivity index (χ2v) is 7.47. The third-order valence-electron chi connectivity index (χ3n) is 5.93. The number of piperidine rings is 1. The number of benzene rings is 1. The Hall–Kier alpha value is -2.56. The van der Waals surface area contributed by atoms with Gasteiger partial charge in [0.15, 0.2) is 5.78 Å². The molecule has 5 nitrogen and oxygen atoms in total. The van der Waals surface area contributed by atoms with Crippen LogP contribution in [-0.4, -0.2) is 30.8 Å². The molecular formula is C21H22N2O3. The highest BCUT2D eigenvalue weighted by Gasteiger charge is 2.37. The lowest BCUT2D eigenvalue weighted by Gasteiger charge is -2.46. The Morgan fingerprint density at radius 3 is 2.81 bits per heavy atom. The van der Waals surface area contributed by atoms with E-state index in [1.807, 2.05) is 23.1 Å². The molecule has 5 heteroatoms. The van der Waals surface area contributed by atoms with Gasteiger partial charge in [-0.1, -0.05) is 12.1 Å². The van der Waals surface area contributed by atoms with Crippen molar-refractivity contribution in [1.29, 1.82) is 0 Å². The Kier molecular flexibility index (Phi) is 3.62. The predicted molar refractivity (Wildman–Crippen MR) is 99.1 cm³/mol. The van der Waals surface area contributed by atoms with Crippen LogP contribution in [0.4, 0.5) is 11.4 Å². The normalized spacial score (nSPS) is 21.8. The summed E-state index contributed by atoms with van der Waals surface area (Å²) in [4.78, 5) is 30.1. The van der Waals surface area contributed by atoms with Crippen molar-refractivity contribution in [3.63, 3.8) is 0 Å². The van der Waals surface area contributed by atoms with E-state index in [1.54, 1.807) is 0 Å². The Morgan fingerprint density at radius 2 is 1.92 bits per heavy atom. The van der Waals surface area contributed by atoms with E-state index in [0.717, 1.165) is 37.2 Å². The molecule has 0 N–H and O–H groups in total. The number of Topliss-reactive ketones (excluding diaryl/α,β-unsaturated/α-hetero) is 1. The first-order valence-corrected chi connectivity index (χ1v) is 9.55. The van der Waals surface area contributed by atoms with Gasteiger partial charge in [0.25, 0.3) is 5.91 Å². The molecule has 1 amide bonds. The molecule has 1 aromatic carbocycles. The Morgan fingerprint density at radius 1 is 1.08 bits per heavy atom. The third-order valence-corrected chi connectivity index (χ3v) is 5.93. The van der Waals surface area contributed by atoms with Crippen LogP contribution < -0.4 is 9.80 Å². The van der Waals surface area contributed by atoms with Crippen molar-refractivity contribution < 1.29 is 14.0 Å². The van der Waals surface area contributed by atoms with Crippen LogP contribution >= 0.6 is 0 Å². The molecule has 2 aromatic rings. The van der Waals surface area contributed by atoms with Gasteiger partial charge in [-0.15, -0.1) is 0 Å². The molecule has 0 bridgehead atoms. The zero-order chi connectivity index (χ0) is 17.7. The average molecular weight is 350 g/mol. The van der Waals surface area contributed by atoms with Crippen molar-refractivity contribution in [1.82, 2.24) is 0 Å². The number of ketones is 1. The zero-order valence-corrected chi connectivity index (χ0v) is 14.7. The first-order chi connectivity index (χ1) is 12.7. The summed E-state index contributed by atoms with van der Waals surface area (Å²) in [5.41, 5.74) is 3.02. The highest BCUT2D eigenvalue weighted by molar-refractivity contribution is 6.15. The number of anilines is 2. The minimum absolute atomic E-state index is 0.0351. The molecule has 3 heterocycles. The molecule has 1 aromatic heterocycles. The van der Waals surface area contributed by atoms with Gasteiger partial charge in [0, 0.05) is 32.0 Å². The van der Waals surface area contributed by atoms with Crippen molar-refractivity contribution in [3.05, 3.63) is 47.4 Å². The van der Waals surface area contributed by atoms with Crippen LogP contribution in [0.25, 0.3) is 0 Å². The zero-order valence-electron chi connectivity index (χ0n) is 14.7. The summed E-state index contributed by atoms with van der Waals surface area (Å²) >= 11 is 0. The number of aryl methyl sites for hydroxylation is 1. The van der Waals surface area contributed by atoms with Gasteiger partial charge in [0.1, 0.15) is 12.0 Å². The molecule has 3 aliphatic rings. The van der Waals surface area contributed by atoms with Crippen LogP contribution in [0.2, 0.25) is 0 Å². The van der Waals surface area contributed by atoms with E-state index in [-0.39, 0.29) is 11.7 Å². The van der Waals surface area contributed by atoms with Gasteiger partial charge in [-0.3, -0.25) is 9.59 Å². The van der Waals surface area contributed by atoms with E-state index < -0.39 is 0 Å². The van der Waals surface area contributed by atoms with Crippen LogP contribution in [0.3, 0.4) is 0 Å². The van der Waals surface area contributed by atoms with Gasteiger partial charge in [0.05, 0.1) is 22.5 Å². The van der Waals surface area contributed by atoms with E-state index in [4.69, 9.17) is 4.42 Å². The SMILES string of the molecule is O=C1CCCc2occ(C(=O)N3CC4CCCCN4c4ccccc43)c21. The maximum absolute atomic E-state index is 13.4. The average Bonchev–Trinajstić information content (AvgIpc) is 3.12. The van der Waals surface area contributed by atoms with Gasteiger partial charge in [0.2, 0.25) is 0 Å². The number of carbonyl (C=O) groups excluding carboxylic acids is 2. The maximum Gasteiger partial charge on any atom is 0.262 e. The molecule has 2 aliphatic heterocycles. The van der Waals surface area contributed by atoms with E-state index in [0.29, 0.717) is 35.9 Å². The molecule has 1 saturated heterocycles. The molecule has 0 radical (unpaired) electrons. The maximum atomic E-state index is 13.4. The summed E-state index contributed by atoms with van der Waals surface area (Å²) in [7, 11) is 0. The smallest absolute Gasteiger partial charge is 0.262 e. The molecule has 134 valence electrons. The summed E-state index contributed by atoms with van der Waals surface area (Å²) in [5.74, 6) is 0.602. The number of carbonyl (C=O) groups is 2. The highest BCUT2D eigenvalue weighted by Crippen LogP contribution is 2.40. The van der Waals surface area contributed by atoms with Crippen molar-refractivity contribution in [3.8, 4) is 0 Å². The molecule has 1 fully saturated rings. The quantitative estimate of drug-likeness (QED) is 0.785. The molecule has 0 saturated carbocycles. The number of rotatable bonds is 1. The summed E-state index contributed by atoms with van der Waals surface area (Å²) in [6, 6.07) is 8.46. The minimum atomic E-state index is -0.108. The standard InChI is InChI=1S/C21H22N2O3/c24-18-9-5-10-19-20(18)15(13-26-19)21(25)23-12-14-6-3-4-11-22(14)16-7-1-2-8-17(16)23/h1-2,7-8,13-14H,3-6,9-12H2. The number of hydrogen-bond acceptors (Lipinski definition) is 4. The van der Waals surface area contributed by atoms with E-state index in [2.05, 4.69) is 11.0 Å². The topological polar surface area (TPSA) is 53.8 Å². The lowest BCUT2D eigenvalue weighted by Crippen LogP contribution is -2.53. The van der Waals surface area contributed by atoms with Crippen LogP contribution in [0.15, 0.2) is 34.9 Å². The number of nitrogens with zero attached hydrogens (tertiary/aromatic N) is 2. The first-order valence-electron chi connectivity index (χ1n) is 9.55. The molecular weight excluding hydrogens is 328 g/mol. The summed E-state index contributed by atoms with van der Waals surface area (Å²) < 4.78 is 5.59. The molecule has 1 atom stereocenters. The second-order valence-electron chi connectivity index (χ2n) is 7.47. The van der Waals surface area contributed by atoms with E-state index in [1.165, 1.54) is 19.1 Å².